The van der Waals surface area contributed by atoms with E-state index in [0.29, 0.717) is 11.3 Å². The number of ether oxygens (including phenoxy) is 1. The summed E-state index contributed by atoms with van der Waals surface area (Å²) in [5.41, 5.74) is 3.34. The second kappa shape index (κ2) is 4.76. The van der Waals surface area contributed by atoms with Gasteiger partial charge in [0.1, 0.15) is 0 Å². The second-order valence-corrected chi connectivity index (χ2v) is 4.07. The first-order chi connectivity index (χ1) is 8.26. The van der Waals surface area contributed by atoms with Crippen LogP contribution in [0.15, 0.2) is 29.8 Å². The summed E-state index contributed by atoms with van der Waals surface area (Å²) in [5, 5.41) is 8.71. The number of benzene rings is 1. The number of carbonyl (C=O) groups is 1. The molecule has 84 valence electrons. The maximum absolute atomic E-state index is 11.5. The lowest BCUT2D eigenvalue weighted by Gasteiger charge is -2.00. The molecule has 1 heterocycles. The molecule has 17 heavy (non-hydrogen) atoms. The van der Waals surface area contributed by atoms with Crippen molar-refractivity contribution in [2.45, 2.75) is 0 Å². The molecule has 4 nitrogen and oxygen atoms in total. The predicted molar refractivity (Wildman–Crippen MR) is 63.6 cm³/mol. The molecule has 1 aromatic carbocycles. The minimum Gasteiger partial charge on any atom is -0.464 e. The van der Waals surface area contributed by atoms with Crippen LogP contribution < -0.4 is 0 Å². The average molecular weight is 244 g/mol. The van der Waals surface area contributed by atoms with Crippen LogP contribution in [0.3, 0.4) is 0 Å². The first kappa shape index (κ1) is 11.3. The van der Waals surface area contributed by atoms with Crippen LogP contribution in [0.1, 0.15) is 16.1 Å². The van der Waals surface area contributed by atoms with Gasteiger partial charge in [-0.1, -0.05) is 12.1 Å². The van der Waals surface area contributed by atoms with Crippen molar-refractivity contribution in [2.75, 3.05) is 7.11 Å². The highest BCUT2D eigenvalue weighted by atomic mass is 32.1. The Kier molecular flexibility index (Phi) is 3.17. The largest absolute Gasteiger partial charge is 0.464 e. The fourth-order valence-corrected chi connectivity index (χ4v) is 2.17. The van der Waals surface area contributed by atoms with E-state index < -0.39 is 5.97 Å². The standard InChI is InChI=1S/C12H8N2O2S/c1-16-12(15)10-11(17-7-14-10)9-4-2-8(6-13)3-5-9/h2-5,7H,1H3. The Hall–Kier alpha value is -2.19. The minimum absolute atomic E-state index is 0.308. The zero-order valence-corrected chi connectivity index (χ0v) is 9.82. The number of nitrogens with zero attached hydrogens (tertiary/aromatic N) is 2. The topological polar surface area (TPSA) is 63.0 Å². The summed E-state index contributed by atoms with van der Waals surface area (Å²) >= 11 is 1.36. The van der Waals surface area contributed by atoms with E-state index in [2.05, 4.69) is 9.72 Å². The summed E-state index contributed by atoms with van der Waals surface area (Å²) in [5.74, 6) is -0.453. The number of rotatable bonds is 2. The molecule has 1 aromatic heterocycles. The second-order valence-electron chi connectivity index (χ2n) is 3.21. The van der Waals surface area contributed by atoms with Gasteiger partial charge in [-0.3, -0.25) is 0 Å². The molecular formula is C12H8N2O2S. The van der Waals surface area contributed by atoms with Crippen molar-refractivity contribution in [3.8, 4) is 16.5 Å². The van der Waals surface area contributed by atoms with Crippen molar-refractivity contribution in [2.24, 2.45) is 0 Å². The van der Waals surface area contributed by atoms with Gasteiger partial charge in [0.25, 0.3) is 0 Å². The van der Waals surface area contributed by atoms with Crippen molar-refractivity contribution in [1.82, 2.24) is 4.98 Å². The van der Waals surface area contributed by atoms with Crippen LogP contribution in [0.2, 0.25) is 0 Å². The Morgan fingerprint density at radius 2 is 2.12 bits per heavy atom. The number of carbonyl (C=O) groups excluding carboxylic acids is 1. The van der Waals surface area contributed by atoms with Gasteiger partial charge in [-0.2, -0.15) is 5.26 Å². The normalized spacial score (nSPS) is 9.65. The number of nitriles is 1. The molecule has 0 aliphatic carbocycles. The van der Waals surface area contributed by atoms with Gasteiger partial charge in [0.05, 0.1) is 29.1 Å². The van der Waals surface area contributed by atoms with Gasteiger partial charge in [0.15, 0.2) is 5.69 Å². The minimum atomic E-state index is -0.453. The molecule has 0 spiro atoms. The molecule has 0 aliphatic heterocycles. The first-order valence-electron chi connectivity index (χ1n) is 4.78. The number of thiazole rings is 1. The van der Waals surface area contributed by atoms with E-state index in [1.54, 1.807) is 29.8 Å². The summed E-state index contributed by atoms with van der Waals surface area (Å²) in [6.07, 6.45) is 0. The van der Waals surface area contributed by atoms with Gasteiger partial charge in [0, 0.05) is 0 Å². The van der Waals surface area contributed by atoms with Crippen molar-refractivity contribution in [3.63, 3.8) is 0 Å². The number of methoxy groups -OCH3 is 1. The molecule has 5 heteroatoms. The van der Waals surface area contributed by atoms with Crippen LogP contribution in [0.4, 0.5) is 0 Å². The lowest BCUT2D eigenvalue weighted by atomic mass is 10.1. The molecule has 0 amide bonds. The van der Waals surface area contributed by atoms with E-state index >= 15 is 0 Å². The Balaban J connectivity index is 2.43. The molecular weight excluding hydrogens is 236 g/mol. The number of hydrogen-bond acceptors (Lipinski definition) is 5. The van der Waals surface area contributed by atoms with Crippen LogP contribution in [-0.4, -0.2) is 18.1 Å². The predicted octanol–water partition coefficient (Wildman–Crippen LogP) is 2.47. The maximum atomic E-state index is 11.5. The third-order valence-electron chi connectivity index (χ3n) is 2.22. The number of aromatic nitrogens is 1. The molecule has 0 N–H and O–H groups in total. The van der Waals surface area contributed by atoms with Crippen molar-refractivity contribution < 1.29 is 9.53 Å². The first-order valence-corrected chi connectivity index (χ1v) is 5.66. The smallest absolute Gasteiger partial charge is 0.358 e. The van der Waals surface area contributed by atoms with E-state index in [9.17, 15) is 4.79 Å². The molecule has 0 saturated heterocycles. The Bertz CT molecular complexity index is 581. The van der Waals surface area contributed by atoms with E-state index in [1.807, 2.05) is 6.07 Å². The average Bonchev–Trinajstić information content (AvgIpc) is 2.87. The van der Waals surface area contributed by atoms with Crippen LogP contribution in [0.5, 0.6) is 0 Å². The van der Waals surface area contributed by atoms with Gasteiger partial charge in [-0.05, 0) is 17.7 Å². The fraction of sp³-hybridized carbons (Fsp3) is 0.0833. The fourth-order valence-electron chi connectivity index (χ4n) is 1.39. The van der Waals surface area contributed by atoms with E-state index in [0.717, 1.165) is 10.4 Å². The zero-order chi connectivity index (χ0) is 12.3. The van der Waals surface area contributed by atoms with Crippen molar-refractivity contribution in [3.05, 3.63) is 41.0 Å². The Morgan fingerprint density at radius 1 is 1.41 bits per heavy atom. The summed E-state index contributed by atoms with van der Waals surface area (Å²) < 4.78 is 4.65. The highest BCUT2D eigenvalue weighted by Gasteiger charge is 2.16. The third-order valence-corrected chi connectivity index (χ3v) is 3.10. The van der Waals surface area contributed by atoms with E-state index in [-0.39, 0.29) is 0 Å². The molecule has 0 radical (unpaired) electrons. The Morgan fingerprint density at radius 3 is 2.71 bits per heavy atom. The van der Waals surface area contributed by atoms with Gasteiger partial charge in [-0.25, -0.2) is 9.78 Å². The monoisotopic (exact) mass is 244 g/mol. The zero-order valence-electron chi connectivity index (χ0n) is 9.01. The summed E-state index contributed by atoms with van der Waals surface area (Å²) in [4.78, 5) is 16.2. The van der Waals surface area contributed by atoms with Crippen LogP contribution in [0, 0.1) is 11.3 Å². The van der Waals surface area contributed by atoms with Crippen molar-refractivity contribution in [1.29, 1.82) is 5.26 Å². The van der Waals surface area contributed by atoms with Gasteiger partial charge in [0.2, 0.25) is 0 Å². The SMILES string of the molecule is COC(=O)c1ncsc1-c1ccc(C#N)cc1. The van der Waals surface area contributed by atoms with Crippen LogP contribution in [0.25, 0.3) is 10.4 Å². The molecule has 0 unspecified atom stereocenters. The lowest BCUT2D eigenvalue weighted by molar-refractivity contribution is 0.0596. The summed E-state index contributed by atoms with van der Waals surface area (Å²) in [7, 11) is 1.32. The molecule has 2 aromatic rings. The molecule has 0 aliphatic rings. The van der Waals surface area contributed by atoms with Crippen molar-refractivity contribution >= 4 is 17.3 Å². The maximum Gasteiger partial charge on any atom is 0.358 e. The number of hydrogen-bond donors (Lipinski definition) is 0. The summed E-state index contributed by atoms with van der Waals surface area (Å²) in [6, 6.07) is 9.03. The highest BCUT2D eigenvalue weighted by Crippen LogP contribution is 2.28. The molecule has 2 rings (SSSR count). The van der Waals surface area contributed by atoms with Crippen LogP contribution >= 0.6 is 11.3 Å². The lowest BCUT2D eigenvalue weighted by Crippen LogP contribution is -2.02. The molecule has 0 bridgehead atoms. The molecule has 0 atom stereocenters. The summed E-state index contributed by atoms with van der Waals surface area (Å²) in [6.45, 7) is 0. The van der Waals surface area contributed by atoms with Gasteiger partial charge in [-0.15, -0.1) is 11.3 Å². The van der Waals surface area contributed by atoms with Gasteiger partial charge < -0.3 is 4.74 Å². The quantitative estimate of drug-likeness (QED) is 0.761. The Labute approximate surface area is 102 Å². The van der Waals surface area contributed by atoms with Gasteiger partial charge >= 0.3 is 5.97 Å². The van der Waals surface area contributed by atoms with E-state index in [1.165, 1.54) is 18.4 Å². The highest BCUT2D eigenvalue weighted by molar-refractivity contribution is 7.13. The third kappa shape index (κ3) is 2.17. The molecule has 0 fully saturated rings. The van der Waals surface area contributed by atoms with E-state index in [4.69, 9.17) is 5.26 Å². The number of esters is 1. The molecule has 0 saturated carbocycles. The van der Waals surface area contributed by atoms with Crippen LogP contribution in [-0.2, 0) is 4.74 Å².